The number of aryl methyl sites for hydroxylation is 1. The molecular weight excluding hydrogens is 312 g/mol. The Kier molecular flexibility index (Phi) is 5.77. The first kappa shape index (κ1) is 16.7. The number of amides is 1. The number of carbonyl (C=O) groups excluding carboxylic acids is 1. The van der Waals surface area contributed by atoms with Gasteiger partial charge in [-0.3, -0.25) is 9.78 Å². The predicted octanol–water partition coefficient (Wildman–Crippen LogP) is 4.23. The lowest BCUT2D eigenvalue weighted by molar-refractivity contribution is -0.116. The van der Waals surface area contributed by atoms with Gasteiger partial charge in [0, 0.05) is 24.0 Å². The maximum absolute atomic E-state index is 12.0. The first-order chi connectivity index (χ1) is 12.3. The molecule has 0 atom stereocenters. The fraction of sp³-hybridized carbons (Fsp3) is 0.143. The van der Waals surface area contributed by atoms with Crippen molar-refractivity contribution >= 4 is 11.6 Å². The van der Waals surface area contributed by atoms with E-state index in [1.807, 2.05) is 72.8 Å². The number of aromatic nitrogens is 1. The van der Waals surface area contributed by atoms with Crippen molar-refractivity contribution in [3.05, 3.63) is 90.3 Å². The molecule has 0 spiro atoms. The van der Waals surface area contributed by atoms with E-state index < -0.39 is 0 Å². The Morgan fingerprint density at radius 3 is 2.40 bits per heavy atom. The van der Waals surface area contributed by atoms with Crippen LogP contribution in [0, 0.1) is 0 Å². The van der Waals surface area contributed by atoms with E-state index in [9.17, 15) is 4.79 Å². The van der Waals surface area contributed by atoms with Gasteiger partial charge in [-0.05, 0) is 48.4 Å². The van der Waals surface area contributed by atoms with E-state index in [-0.39, 0.29) is 5.91 Å². The first-order valence-electron chi connectivity index (χ1n) is 8.26. The molecule has 25 heavy (non-hydrogen) atoms. The van der Waals surface area contributed by atoms with E-state index in [1.165, 1.54) is 0 Å². The Hall–Kier alpha value is -3.14. The maximum atomic E-state index is 12.0. The molecule has 1 amide bonds. The molecule has 4 nitrogen and oxygen atoms in total. The Morgan fingerprint density at radius 2 is 1.68 bits per heavy atom. The van der Waals surface area contributed by atoms with Crippen molar-refractivity contribution in [1.29, 1.82) is 0 Å². The number of hydrogen-bond acceptors (Lipinski definition) is 3. The van der Waals surface area contributed by atoms with Gasteiger partial charge in [0.25, 0.3) is 0 Å². The predicted molar refractivity (Wildman–Crippen MR) is 98.4 cm³/mol. The lowest BCUT2D eigenvalue weighted by atomic mass is 10.2. The van der Waals surface area contributed by atoms with Gasteiger partial charge in [-0.25, -0.2) is 0 Å². The minimum Gasteiger partial charge on any atom is -0.489 e. The quantitative estimate of drug-likeness (QED) is 0.704. The van der Waals surface area contributed by atoms with Gasteiger partial charge >= 0.3 is 0 Å². The van der Waals surface area contributed by atoms with Crippen LogP contribution in [0.5, 0.6) is 5.75 Å². The summed E-state index contributed by atoms with van der Waals surface area (Å²) in [5.41, 5.74) is 2.80. The van der Waals surface area contributed by atoms with Crippen LogP contribution >= 0.6 is 0 Å². The zero-order chi connectivity index (χ0) is 17.3. The number of carbonyl (C=O) groups is 1. The summed E-state index contributed by atoms with van der Waals surface area (Å²) in [5.74, 6) is 0.749. The summed E-state index contributed by atoms with van der Waals surface area (Å²) in [6.07, 6.45) is 2.77. The van der Waals surface area contributed by atoms with E-state index in [2.05, 4.69) is 10.3 Å². The first-order valence-corrected chi connectivity index (χ1v) is 8.26. The monoisotopic (exact) mass is 332 g/mol. The highest BCUT2D eigenvalue weighted by Crippen LogP contribution is 2.17. The second-order valence-electron chi connectivity index (χ2n) is 5.67. The Labute approximate surface area is 147 Å². The molecule has 0 aliphatic carbocycles. The Bertz CT molecular complexity index is 787. The molecule has 1 heterocycles. The molecular formula is C21H20N2O2. The Balaban J connectivity index is 1.46. The van der Waals surface area contributed by atoms with Crippen molar-refractivity contribution in [1.82, 2.24) is 4.98 Å². The standard InChI is InChI=1S/C21H20N2O2/c24-21(14-11-18-8-4-5-15-22-18)23-19-9-12-20(13-10-19)25-16-17-6-2-1-3-7-17/h1-10,12-13,15H,11,14,16H2,(H,23,24). The van der Waals surface area contributed by atoms with E-state index >= 15 is 0 Å². The lowest BCUT2D eigenvalue weighted by Crippen LogP contribution is -2.12. The number of pyridine rings is 1. The van der Waals surface area contributed by atoms with Crippen molar-refractivity contribution in [2.24, 2.45) is 0 Å². The molecule has 0 aliphatic heterocycles. The number of nitrogens with zero attached hydrogens (tertiary/aromatic N) is 1. The highest BCUT2D eigenvalue weighted by Gasteiger charge is 2.04. The van der Waals surface area contributed by atoms with Gasteiger partial charge in [0.1, 0.15) is 12.4 Å². The SMILES string of the molecule is O=C(CCc1ccccn1)Nc1ccc(OCc2ccccc2)cc1. The van der Waals surface area contributed by atoms with Crippen molar-refractivity contribution in [2.75, 3.05) is 5.32 Å². The molecule has 0 bridgehead atoms. The molecule has 0 saturated heterocycles. The number of rotatable bonds is 7. The number of benzene rings is 2. The minimum atomic E-state index is -0.0244. The molecule has 0 aliphatic rings. The summed E-state index contributed by atoms with van der Waals surface area (Å²) in [6, 6.07) is 23.1. The molecule has 0 radical (unpaired) electrons. The molecule has 4 heteroatoms. The fourth-order valence-corrected chi connectivity index (χ4v) is 2.39. The van der Waals surface area contributed by atoms with Crippen molar-refractivity contribution < 1.29 is 9.53 Å². The summed E-state index contributed by atoms with van der Waals surface area (Å²) in [5, 5.41) is 2.89. The highest BCUT2D eigenvalue weighted by atomic mass is 16.5. The maximum Gasteiger partial charge on any atom is 0.224 e. The number of anilines is 1. The van der Waals surface area contributed by atoms with E-state index in [1.54, 1.807) is 6.20 Å². The second kappa shape index (κ2) is 8.64. The average Bonchev–Trinajstić information content (AvgIpc) is 2.67. The van der Waals surface area contributed by atoms with Crippen LogP contribution in [0.2, 0.25) is 0 Å². The third-order valence-corrected chi connectivity index (χ3v) is 3.72. The second-order valence-corrected chi connectivity index (χ2v) is 5.67. The van der Waals surface area contributed by atoms with Gasteiger partial charge in [-0.1, -0.05) is 36.4 Å². The van der Waals surface area contributed by atoms with Crippen LogP contribution in [0.15, 0.2) is 79.0 Å². The lowest BCUT2D eigenvalue weighted by Gasteiger charge is -2.08. The molecule has 1 aromatic heterocycles. The summed E-state index contributed by atoms with van der Waals surface area (Å²) < 4.78 is 5.74. The van der Waals surface area contributed by atoms with Crippen LogP contribution in [-0.2, 0) is 17.8 Å². The van der Waals surface area contributed by atoms with E-state index in [0.717, 1.165) is 22.7 Å². The van der Waals surface area contributed by atoms with Crippen molar-refractivity contribution in [3.63, 3.8) is 0 Å². The van der Waals surface area contributed by atoms with Gasteiger partial charge in [-0.15, -0.1) is 0 Å². The zero-order valence-electron chi connectivity index (χ0n) is 13.9. The van der Waals surface area contributed by atoms with Crippen LogP contribution in [0.4, 0.5) is 5.69 Å². The van der Waals surface area contributed by atoms with Crippen molar-refractivity contribution in [3.8, 4) is 5.75 Å². The molecule has 2 aromatic carbocycles. The number of ether oxygens (including phenoxy) is 1. The summed E-state index contributed by atoms with van der Waals surface area (Å²) in [7, 11) is 0. The summed E-state index contributed by atoms with van der Waals surface area (Å²) in [4.78, 5) is 16.2. The van der Waals surface area contributed by atoms with Gasteiger partial charge in [0.05, 0.1) is 0 Å². The van der Waals surface area contributed by atoms with Crippen LogP contribution in [0.1, 0.15) is 17.7 Å². The average molecular weight is 332 g/mol. The molecule has 126 valence electrons. The molecule has 0 saturated carbocycles. The van der Waals surface area contributed by atoms with Crippen LogP contribution in [0.25, 0.3) is 0 Å². The van der Waals surface area contributed by atoms with Crippen LogP contribution < -0.4 is 10.1 Å². The van der Waals surface area contributed by atoms with Gasteiger partial charge in [0.15, 0.2) is 0 Å². The van der Waals surface area contributed by atoms with Crippen LogP contribution in [0.3, 0.4) is 0 Å². The van der Waals surface area contributed by atoms with Gasteiger partial charge in [-0.2, -0.15) is 0 Å². The largest absolute Gasteiger partial charge is 0.489 e. The number of nitrogens with one attached hydrogen (secondary N) is 1. The van der Waals surface area contributed by atoms with Crippen molar-refractivity contribution in [2.45, 2.75) is 19.4 Å². The molecule has 3 aromatic rings. The van der Waals surface area contributed by atoms with Crippen LogP contribution in [-0.4, -0.2) is 10.9 Å². The molecule has 1 N–H and O–H groups in total. The smallest absolute Gasteiger partial charge is 0.224 e. The third kappa shape index (κ3) is 5.46. The van der Waals surface area contributed by atoms with Gasteiger partial charge in [0.2, 0.25) is 5.91 Å². The van der Waals surface area contributed by atoms with E-state index in [0.29, 0.717) is 19.4 Å². The highest BCUT2D eigenvalue weighted by molar-refractivity contribution is 5.90. The Morgan fingerprint density at radius 1 is 0.920 bits per heavy atom. The molecule has 3 rings (SSSR count). The fourth-order valence-electron chi connectivity index (χ4n) is 2.39. The minimum absolute atomic E-state index is 0.0244. The van der Waals surface area contributed by atoms with E-state index in [4.69, 9.17) is 4.74 Å². The van der Waals surface area contributed by atoms with Gasteiger partial charge < -0.3 is 10.1 Å². The summed E-state index contributed by atoms with van der Waals surface area (Å²) in [6.45, 7) is 0.524. The molecule has 0 fully saturated rings. The normalized spacial score (nSPS) is 10.2. The third-order valence-electron chi connectivity index (χ3n) is 3.72. The zero-order valence-corrected chi connectivity index (χ0v) is 13.9. The molecule has 0 unspecified atom stereocenters. The topological polar surface area (TPSA) is 51.2 Å². The summed E-state index contributed by atoms with van der Waals surface area (Å²) >= 11 is 0. The number of hydrogen-bond donors (Lipinski definition) is 1.